The molecule has 0 heterocycles. The fourth-order valence-corrected chi connectivity index (χ4v) is 2.54. The van der Waals surface area contributed by atoms with Gasteiger partial charge in [-0.3, -0.25) is 4.79 Å². The molecular weight excluding hydrogens is 282 g/mol. The summed E-state index contributed by atoms with van der Waals surface area (Å²) in [5, 5.41) is 2.57. The molecule has 2 rings (SSSR count). The average Bonchev–Trinajstić information content (AvgIpc) is 2.58. The van der Waals surface area contributed by atoms with Gasteiger partial charge >= 0.3 is 12.1 Å². The predicted molar refractivity (Wildman–Crippen MR) is 82.2 cm³/mol. The van der Waals surface area contributed by atoms with Crippen LogP contribution >= 0.6 is 0 Å². The van der Waals surface area contributed by atoms with Crippen molar-refractivity contribution in [2.45, 2.75) is 38.7 Å². The standard InChI is InChI=1S/C17H23NO4/c19-16(15-9-5-2-6-10-15)21-12-11-18-17(20)22-13-14-7-3-1-4-8-14/h1,3-4,7-8,15H,2,5-6,9-13H2,(H,18,20). The second-order valence-electron chi connectivity index (χ2n) is 5.49. The summed E-state index contributed by atoms with van der Waals surface area (Å²) in [7, 11) is 0. The molecule has 1 N–H and O–H groups in total. The molecule has 1 aromatic carbocycles. The molecule has 120 valence electrons. The normalized spacial score (nSPS) is 15.1. The van der Waals surface area contributed by atoms with Gasteiger partial charge in [0.2, 0.25) is 0 Å². The van der Waals surface area contributed by atoms with Gasteiger partial charge in [-0.15, -0.1) is 0 Å². The molecule has 0 atom stereocenters. The molecule has 1 saturated carbocycles. The molecule has 1 aliphatic carbocycles. The van der Waals surface area contributed by atoms with Crippen molar-refractivity contribution in [1.82, 2.24) is 5.32 Å². The van der Waals surface area contributed by atoms with Crippen LogP contribution in [0.15, 0.2) is 30.3 Å². The van der Waals surface area contributed by atoms with Crippen molar-refractivity contribution in [3.05, 3.63) is 35.9 Å². The highest BCUT2D eigenvalue weighted by atomic mass is 16.6. The number of amides is 1. The van der Waals surface area contributed by atoms with Crippen LogP contribution in [0.3, 0.4) is 0 Å². The van der Waals surface area contributed by atoms with E-state index in [0.717, 1.165) is 31.2 Å². The molecule has 1 amide bonds. The average molecular weight is 305 g/mol. The van der Waals surface area contributed by atoms with Gasteiger partial charge in [0.25, 0.3) is 0 Å². The molecule has 0 aromatic heterocycles. The molecule has 5 heteroatoms. The quantitative estimate of drug-likeness (QED) is 0.648. The van der Waals surface area contributed by atoms with Crippen LogP contribution in [0.25, 0.3) is 0 Å². The zero-order valence-corrected chi connectivity index (χ0v) is 12.8. The van der Waals surface area contributed by atoms with E-state index in [9.17, 15) is 9.59 Å². The third kappa shape index (κ3) is 5.76. The number of carbonyl (C=O) groups excluding carboxylic acids is 2. The number of rotatable bonds is 6. The van der Waals surface area contributed by atoms with Gasteiger partial charge in [0.15, 0.2) is 0 Å². The maximum Gasteiger partial charge on any atom is 0.407 e. The molecule has 0 unspecified atom stereocenters. The Balaban J connectivity index is 1.54. The maximum atomic E-state index is 11.8. The zero-order chi connectivity index (χ0) is 15.6. The fraction of sp³-hybridized carbons (Fsp3) is 0.529. The molecular formula is C17H23NO4. The Morgan fingerprint density at radius 3 is 2.50 bits per heavy atom. The number of esters is 1. The number of ether oxygens (including phenoxy) is 2. The Hall–Kier alpha value is -2.04. The second-order valence-corrected chi connectivity index (χ2v) is 5.49. The van der Waals surface area contributed by atoms with E-state index in [0.29, 0.717) is 0 Å². The van der Waals surface area contributed by atoms with Crippen LogP contribution in [0.5, 0.6) is 0 Å². The van der Waals surface area contributed by atoms with Gasteiger partial charge in [0.1, 0.15) is 13.2 Å². The van der Waals surface area contributed by atoms with E-state index < -0.39 is 6.09 Å². The SMILES string of the molecule is O=C(NCCOC(=O)C1CCCCC1)OCc1ccccc1. The zero-order valence-electron chi connectivity index (χ0n) is 12.8. The topological polar surface area (TPSA) is 64.6 Å². The van der Waals surface area contributed by atoms with Crippen molar-refractivity contribution in [2.24, 2.45) is 5.92 Å². The maximum absolute atomic E-state index is 11.8. The first-order chi connectivity index (χ1) is 10.8. The monoisotopic (exact) mass is 305 g/mol. The van der Waals surface area contributed by atoms with Crippen molar-refractivity contribution >= 4 is 12.1 Å². The summed E-state index contributed by atoms with van der Waals surface area (Å²) in [4.78, 5) is 23.3. The van der Waals surface area contributed by atoms with Gasteiger partial charge < -0.3 is 14.8 Å². The molecule has 0 bridgehead atoms. The molecule has 5 nitrogen and oxygen atoms in total. The molecule has 0 radical (unpaired) electrons. The number of hydrogen-bond donors (Lipinski definition) is 1. The van der Waals surface area contributed by atoms with Crippen LogP contribution in [0, 0.1) is 5.92 Å². The number of nitrogens with one attached hydrogen (secondary N) is 1. The molecule has 1 aliphatic rings. The summed E-state index contributed by atoms with van der Waals surface area (Å²) in [6.07, 6.45) is 4.75. The Morgan fingerprint density at radius 2 is 1.77 bits per heavy atom. The van der Waals surface area contributed by atoms with E-state index in [1.807, 2.05) is 30.3 Å². The molecule has 1 fully saturated rings. The lowest BCUT2D eigenvalue weighted by Crippen LogP contribution is -2.30. The Kier molecular flexibility index (Phi) is 6.74. The van der Waals surface area contributed by atoms with Crippen molar-refractivity contribution in [1.29, 1.82) is 0 Å². The van der Waals surface area contributed by atoms with Crippen LogP contribution in [0.4, 0.5) is 4.79 Å². The highest BCUT2D eigenvalue weighted by molar-refractivity contribution is 5.72. The van der Waals surface area contributed by atoms with Gasteiger partial charge in [-0.2, -0.15) is 0 Å². The lowest BCUT2D eigenvalue weighted by Gasteiger charge is -2.19. The highest BCUT2D eigenvalue weighted by Crippen LogP contribution is 2.24. The van der Waals surface area contributed by atoms with Gasteiger partial charge in [-0.1, -0.05) is 49.6 Å². The first-order valence-electron chi connectivity index (χ1n) is 7.87. The third-order valence-electron chi connectivity index (χ3n) is 3.77. The number of carbonyl (C=O) groups is 2. The van der Waals surface area contributed by atoms with Crippen molar-refractivity contribution in [3.63, 3.8) is 0 Å². The first kappa shape index (κ1) is 16.3. The number of alkyl carbamates (subject to hydrolysis) is 1. The van der Waals surface area contributed by atoms with Crippen molar-refractivity contribution in [2.75, 3.05) is 13.2 Å². The van der Waals surface area contributed by atoms with Gasteiger partial charge in [-0.05, 0) is 18.4 Å². The second kappa shape index (κ2) is 9.07. The van der Waals surface area contributed by atoms with E-state index in [4.69, 9.17) is 9.47 Å². The van der Waals surface area contributed by atoms with E-state index >= 15 is 0 Å². The number of benzene rings is 1. The van der Waals surface area contributed by atoms with E-state index in [1.54, 1.807) is 0 Å². The molecule has 0 saturated heterocycles. The molecule has 1 aromatic rings. The lowest BCUT2D eigenvalue weighted by atomic mass is 9.89. The van der Waals surface area contributed by atoms with Gasteiger partial charge in [0, 0.05) is 0 Å². The van der Waals surface area contributed by atoms with E-state index in [2.05, 4.69) is 5.32 Å². The summed E-state index contributed by atoms with van der Waals surface area (Å²) in [6, 6.07) is 9.46. The summed E-state index contributed by atoms with van der Waals surface area (Å²) in [5.41, 5.74) is 0.932. The molecule has 0 spiro atoms. The van der Waals surface area contributed by atoms with E-state index in [-0.39, 0.29) is 31.6 Å². The van der Waals surface area contributed by atoms with Crippen LogP contribution in [-0.4, -0.2) is 25.2 Å². The van der Waals surface area contributed by atoms with Crippen LogP contribution in [0.2, 0.25) is 0 Å². The van der Waals surface area contributed by atoms with Gasteiger partial charge in [0.05, 0.1) is 12.5 Å². The van der Waals surface area contributed by atoms with Crippen LogP contribution in [-0.2, 0) is 20.9 Å². The minimum absolute atomic E-state index is 0.0405. The molecule has 0 aliphatic heterocycles. The van der Waals surface area contributed by atoms with Crippen molar-refractivity contribution < 1.29 is 19.1 Å². The van der Waals surface area contributed by atoms with Crippen LogP contribution in [0.1, 0.15) is 37.7 Å². The summed E-state index contributed by atoms with van der Waals surface area (Å²) in [5.74, 6) is -0.0991. The Labute approximate surface area is 131 Å². The number of hydrogen-bond acceptors (Lipinski definition) is 4. The predicted octanol–water partition coefficient (Wildman–Crippen LogP) is 3.04. The molecule has 22 heavy (non-hydrogen) atoms. The van der Waals surface area contributed by atoms with Crippen molar-refractivity contribution in [3.8, 4) is 0 Å². The summed E-state index contributed by atoms with van der Waals surface area (Å²) >= 11 is 0. The Morgan fingerprint density at radius 1 is 1.05 bits per heavy atom. The van der Waals surface area contributed by atoms with E-state index in [1.165, 1.54) is 6.42 Å². The largest absolute Gasteiger partial charge is 0.464 e. The Bertz CT molecular complexity index is 469. The minimum Gasteiger partial charge on any atom is -0.464 e. The first-order valence-corrected chi connectivity index (χ1v) is 7.87. The van der Waals surface area contributed by atoms with Crippen LogP contribution < -0.4 is 5.32 Å². The lowest BCUT2D eigenvalue weighted by molar-refractivity contribution is -0.149. The smallest absolute Gasteiger partial charge is 0.407 e. The van der Waals surface area contributed by atoms with Gasteiger partial charge in [-0.25, -0.2) is 4.79 Å². The highest BCUT2D eigenvalue weighted by Gasteiger charge is 2.22. The minimum atomic E-state index is -0.502. The summed E-state index contributed by atoms with van der Waals surface area (Å²) in [6.45, 7) is 0.691. The fourth-order valence-electron chi connectivity index (χ4n) is 2.54. The third-order valence-corrected chi connectivity index (χ3v) is 3.77. The summed E-state index contributed by atoms with van der Waals surface area (Å²) < 4.78 is 10.2.